The topological polar surface area (TPSA) is 0 Å². The van der Waals surface area contributed by atoms with Gasteiger partial charge in [-0.15, -0.1) is 0 Å². The number of fused-ring (bicyclic) bond motifs is 1. The molecule has 0 aliphatic heterocycles. The molecule has 16 heavy (non-hydrogen) atoms. The normalized spacial score (nSPS) is 42.3. The highest BCUT2D eigenvalue weighted by Crippen LogP contribution is 2.88. The highest BCUT2D eigenvalue weighted by Gasteiger charge is 2.76. The summed E-state index contributed by atoms with van der Waals surface area (Å²) < 4.78 is 0. The van der Waals surface area contributed by atoms with E-state index in [0.29, 0.717) is 21.5 Å². The van der Waals surface area contributed by atoms with Crippen molar-refractivity contribution in [1.82, 2.24) is 0 Å². The fraction of sp³-hybridized carbons (Fsp3) is 1.00. The molecule has 0 bridgehead atoms. The van der Waals surface area contributed by atoms with Crippen LogP contribution in [0.15, 0.2) is 0 Å². The van der Waals surface area contributed by atoms with Crippen LogP contribution in [0.2, 0.25) is 10.6 Å². The Labute approximate surface area is 103 Å². The molecule has 2 saturated carbocycles. The molecule has 0 saturated heterocycles. The van der Waals surface area contributed by atoms with E-state index in [9.17, 15) is 0 Å². The Hall–Kier alpha value is 0.0649. The van der Waals surface area contributed by atoms with E-state index in [0.717, 1.165) is 5.92 Å². The van der Waals surface area contributed by atoms with Gasteiger partial charge in [-0.05, 0) is 41.3 Å². The Bertz CT molecular complexity index is 294. The second-order valence-corrected chi connectivity index (χ2v) is 8.85. The molecule has 2 rings (SSSR count). The zero-order chi connectivity index (χ0) is 12.4. The van der Waals surface area contributed by atoms with Crippen molar-refractivity contribution in [2.45, 2.75) is 78.4 Å². The molecular formula is C15H28B. The molecule has 3 unspecified atom stereocenters. The van der Waals surface area contributed by atoms with Crippen molar-refractivity contribution < 1.29 is 0 Å². The molecule has 0 aromatic heterocycles. The van der Waals surface area contributed by atoms with Gasteiger partial charge in [-0.3, -0.25) is 0 Å². The molecule has 0 aromatic carbocycles. The van der Waals surface area contributed by atoms with E-state index in [2.05, 4.69) is 55.7 Å². The second-order valence-electron chi connectivity index (χ2n) is 8.85. The largest absolute Gasteiger partial charge is 0.126 e. The van der Waals surface area contributed by atoms with Crippen LogP contribution in [-0.2, 0) is 0 Å². The van der Waals surface area contributed by atoms with Crippen LogP contribution in [0.1, 0.15) is 67.7 Å². The van der Waals surface area contributed by atoms with E-state index >= 15 is 0 Å². The van der Waals surface area contributed by atoms with Crippen molar-refractivity contribution >= 4 is 7.28 Å². The van der Waals surface area contributed by atoms with Crippen LogP contribution in [0.25, 0.3) is 0 Å². The van der Waals surface area contributed by atoms with E-state index < -0.39 is 0 Å². The lowest BCUT2D eigenvalue weighted by atomic mass is 9.36. The van der Waals surface area contributed by atoms with Crippen LogP contribution < -0.4 is 0 Å². The van der Waals surface area contributed by atoms with Gasteiger partial charge in [0.15, 0.2) is 0 Å². The minimum atomic E-state index is 0.383. The van der Waals surface area contributed by atoms with Crippen LogP contribution >= 0.6 is 0 Å². The Balaban J connectivity index is 2.07. The molecule has 0 heterocycles. The highest BCUT2D eigenvalue weighted by molar-refractivity contribution is 6.46. The van der Waals surface area contributed by atoms with Gasteiger partial charge >= 0.3 is 0 Å². The standard InChI is InChI=1S/C15H28B/c1-11-8-14(9-12(2,3)4)10-15(11,14)16-13(5,6)7/h11H,8-10H2,1-7H3. The van der Waals surface area contributed by atoms with E-state index in [1.54, 1.807) is 0 Å². The van der Waals surface area contributed by atoms with Crippen molar-refractivity contribution in [3.63, 3.8) is 0 Å². The number of hydrogen-bond acceptors (Lipinski definition) is 0. The maximum absolute atomic E-state index is 2.68. The average molecular weight is 219 g/mol. The summed E-state index contributed by atoms with van der Waals surface area (Å²) in [6, 6.07) is 0. The molecule has 1 heteroatoms. The molecular weight excluding hydrogens is 191 g/mol. The lowest BCUT2D eigenvalue weighted by molar-refractivity contribution is 0.139. The molecule has 91 valence electrons. The van der Waals surface area contributed by atoms with Gasteiger partial charge in [0.05, 0.1) is 0 Å². The predicted octanol–water partition coefficient (Wildman–Crippen LogP) is 4.93. The zero-order valence-electron chi connectivity index (χ0n) is 12.3. The second kappa shape index (κ2) is 3.09. The summed E-state index contributed by atoms with van der Waals surface area (Å²) in [5.41, 5.74) is 1.19. The molecule has 2 fully saturated rings. The smallest absolute Gasteiger partial charge is 0.0674 e. The van der Waals surface area contributed by atoms with E-state index in [1.165, 1.54) is 19.3 Å². The molecule has 0 aromatic rings. The van der Waals surface area contributed by atoms with Gasteiger partial charge in [0.1, 0.15) is 7.28 Å². The Kier molecular flexibility index (Phi) is 2.42. The minimum Gasteiger partial charge on any atom is -0.0674 e. The van der Waals surface area contributed by atoms with Gasteiger partial charge in [0.25, 0.3) is 0 Å². The average Bonchev–Trinajstić information content (AvgIpc) is 2.42. The maximum Gasteiger partial charge on any atom is 0.126 e. The predicted molar refractivity (Wildman–Crippen MR) is 73.1 cm³/mol. The summed E-state index contributed by atoms with van der Waals surface area (Å²) in [6.45, 7) is 16.7. The van der Waals surface area contributed by atoms with Gasteiger partial charge < -0.3 is 0 Å². The lowest BCUT2D eigenvalue weighted by Gasteiger charge is -2.47. The summed E-state index contributed by atoms with van der Waals surface area (Å²) in [5.74, 6) is 0.925. The van der Waals surface area contributed by atoms with Crippen molar-refractivity contribution in [2.24, 2.45) is 16.7 Å². The first-order chi connectivity index (χ1) is 7.00. The first-order valence-electron chi connectivity index (χ1n) is 6.87. The SMILES string of the molecule is CC1CC2(CC(C)(C)C)CC12[B]C(C)(C)C. The van der Waals surface area contributed by atoms with E-state index in [1.807, 2.05) is 0 Å². The quantitative estimate of drug-likeness (QED) is 0.577. The maximum atomic E-state index is 2.68. The summed E-state index contributed by atoms with van der Waals surface area (Å²) >= 11 is 0. The summed E-state index contributed by atoms with van der Waals surface area (Å²) in [7, 11) is 2.68. The first kappa shape index (κ1) is 12.5. The number of rotatable bonds is 2. The Morgan fingerprint density at radius 2 is 1.69 bits per heavy atom. The highest BCUT2D eigenvalue weighted by atomic mass is 14.8. The van der Waals surface area contributed by atoms with Gasteiger partial charge in [0, 0.05) is 0 Å². The van der Waals surface area contributed by atoms with Crippen LogP contribution in [0.3, 0.4) is 0 Å². The first-order valence-corrected chi connectivity index (χ1v) is 6.87. The summed E-state index contributed by atoms with van der Waals surface area (Å²) in [6.07, 6.45) is 4.35. The van der Waals surface area contributed by atoms with Gasteiger partial charge in [0.2, 0.25) is 0 Å². The van der Waals surface area contributed by atoms with Crippen LogP contribution in [0, 0.1) is 16.7 Å². The van der Waals surface area contributed by atoms with Gasteiger partial charge in [-0.25, -0.2) is 0 Å². The van der Waals surface area contributed by atoms with Crippen molar-refractivity contribution in [2.75, 3.05) is 0 Å². The lowest BCUT2D eigenvalue weighted by Crippen LogP contribution is -2.38. The summed E-state index contributed by atoms with van der Waals surface area (Å²) in [5, 5.41) is 0.993. The monoisotopic (exact) mass is 219 g/mol. The molecule has 0 amide bonds. The van der Waals surface area contributed by atoms with Crippen molar-refractivity contribution in [3.05, 3.63) is 0 Å². The third-order valence-corrected chi connectivity index (χ3v) is 4.63. The summed E-state index contributed by atoms with van der Waals surface area (Å²) in [4.78, 5) is 0. The number of hydrogen-bond donors (Lipinski definition) is 0. The fourth-order valence-electron chi connectivity index (χ4n) is 4.55. The van der Waals surface area contributed by atoms with Crippen LogP contribution in [0.4, 0.5) is 0 Å². The molecule has 0 spiro atoms. The fourth-order valence-corrected chi connectivity index (χ4v) is 4.55. The molecule has 1 radical (unpaired) electrons. The van der Waals surface area contributed by atoms with E-state index in [4.69, 9.17) is 0 Å². The molecule has 3 atom stereocenters. The van der Waals surface area contributed by atoms with Gasteiger partial charge in [-0.2, -0.15) is 0 Å². The van der Waals surface area contributed by atoms with Crippen LogP contribution in [-0.4, -0.2) is 7.28 Å². The molecule has 2 aliphatic rings. The zero-order valence-corrected chi connectivity index (χ0v) is 12.3. The molecule has 0 nitrogen and oxygen atoms in total. The van der Waals surface area contributed by atoms with Crippen LogP contribution in [0.5, 0.6) is 0 Å². The third kappa shape index (κ3) is 1.85. The third-order valence-electron chi connectivity index (χ3n) is 4.63. The molecule has 0 N–H and O–H groups in total. The minimum absolute atomic E-state index is 0.383. The van der Waals surface area contributed by atoms with Crippen molar-refractivity contribution in [3.8, 4) is 0 Å². The Morgan fingerprint density at radius 1 is 1.12 bits per heavy atom. The Morgan fingerprint density at radius 3 is 2.06 bits per heavy atom. The molecule has 2 aliphatic carbocycles. The van der Waals surface area contributed by atoms with E-state index in [-0.39, 0.29) is 0 Å². The van der Waals surface area contributed by atoms with Gasteiger partial charge in [-0.1, -0.05) is 53.8 Å². The van der Waals surface area contributed by atoms with Crippen molar-refractivity contribution in [1.29, 1.82) is 0 Å².